The highest BCUT2D eigenvalue weighted by Gasteiger charge is 2.27. The maximum Gasteiger partial charge on any atom is 0.306 e. The fourth-order valence-corrected chi connectivity index (χ4v) is 8.60. The van der Waals surface area contributed by atoms with Crippen molar-refractivity contribution in [2.45, 2.75) is 251 Å². The molecule has 1 amide bonds. The van der Waals surface area contributed by atoms with E-state index in [4.69, 9.17) is 13.8 Å². The number of rotatable bonds is 51. The third kappa shape index (κ3) is 51.9. The summed E-state index contributed by atoms with van der Waals surface area (Å²) >= 11 is 0. The smallest absolute Gasteiger partial charge is 0.306 e. The van der Waals surface area contributed by atoms with Gasteiger partial charge in [0.15, 0.2) is 0 Å². The molecular formula is C61H109N2O7P. The van der Waals surface area contributed by atoms with Gasteiger partial charge >= 0.3 is 5.97 Å². The number of hydrogen-bond donors (Lipinski definition) is 1. The van der Waals surface area contributed by atoms with Gasteiger partial charge in [0.25, 0.3) is 7.82 Å². The molecule has 9 nitrogen and oxygen atoms in total. The minimum absolute atomic E-state index is 0.0334. The number of unbranched alkanes of at least 4 members (excludes halogenated alkanes) is 23. The Bertz CT molecular complexity index is 1490. The zero-order valence-corrected chi connectivity index (χ0v) is 47.5. The molecule has 0 aliphatic carbocycles. The van der Waals surface area contributed by atoms with Crippen LogP contribution in [-0.2, 0) is 27.9 Å². The van der Waals surface area contributed by atoms with E-state index in [2.05, 4.69) is 99.0 Å². The third-order valence-corrected chi connectivity index (χ3v) is 13.3. The molecule has 71 heavy (non-hydrogen) atoms. The van der Waals surface area contributed by atoms with Crippen molar-refractivity contribution in [2.24, 2.45) is 0 Å². The van der Waals surface area contributed by atoms with E-state index in [1.165, 1.54) is 109 Å². The second kappa shape index (κ2) is 50.7. The number of phosphoric ester groups is 1. The number of quaternary nitrogens is 1. The molecule has 410 valence electrons. The fourth-order valence-electron chi connectivity index (χ4n) is 7.88. The number of hydrogen-bond acceptors (Lipinski definition) is 7. The average Bonchev–Trinajstić information content (AvgIpc) is 3.33. The summed E-state index contributed by atoms with van der Waals surface area (Å²) in [6, 6.07) is -0.912. The van der Waals surface area contributed by atoms with E-state index in [-0.39, 0.29) is 31.3 Å². The lowest BCUT2D eigenvalue weighted by atomic mass is 10.0. The van der Waals surface area contributed by atoms with Gasteiger partial charge in [-0.25, -0.2) is 0 Å². The maximum absolute atomic E-state index is 13.5. The van der Waals surface area contributed by atoms with Gasteiger partial charge in [-0.1, -0.05) is 228 Å². The van der Waals surface area contributed by atoms with Gasteiger partial charge in [0, 0.05) is 12.8 Å². The van der Waals surface area contributed by atoms with Gasteiger partial charge in [-0.2, -0.15) is 0 Å². The van der Waals surface area contributed by atoms with Gasteiger partial charge in [0.2, 0.25) is 5.91 Å². The van der Waals surface area contributed by atoms with Crippen molar-refractivity contribution >= 4 is 19.7 Å². The van der Waals surface area contributed by atoms with Gasteiger partial charge in [-0.15, -0.1) is 0 Å². The van der Waals surface area contributed by atoms with Crippen molar-refractivity contribution < 1.29 is 37.3 Å². The molecule has 0 fully saturated rings. The molecule has 0 saturated heterocycles. The molecular weight excluding hydrogens is 904 g/mol. The number of nitrogens with one attached hydrogen (secondary N) is 1. The summed E-state index contributed by atoms with van der Waals surface area (Å²) in [5, 5.41) is 2.99. The summed E-state index contributed by atoms with van der Waals surface area (Å²) in [5.74, 6) is -0.594. The minimum atomic E-state index is -4.71. The molecule has 0 aliphatic heterocycles. The number of allylic oxidation sites excluding steroid dienone is 13. The summed E-state index contributed by atoms with van der Waals surface area (Å²) in [6.07, 6.45) is 65.5. The summed E-state index contributed by atoms with van der Waals surface area (Å²) < 4.78 is 30.2. The van der Waals surface area contributed by atoms with Crippen LogP contribution in [-0.4, -0.2) is 69.4 Å². The molecule has 10 heteroatoms. The Morgan fingerprint density at radius 3 is 1.37 bits per heavy atom. The Hall–Kier alpha value is -2.81. The number of esters is 1. The number of ether oxygens (including phenoxy) is 1. The SMILES string of the molecule is CC/C=C\C/C=C\C/C=C\C/C=C\C/C=C\C/C=C\CCCCC(=O)NC(COP(=O)([O-])OCC[N+](C)(C)C)C(/C=C/CCCCCCCCCCCCC)OC(=O)CCCCCCCCCCCCC. The highest BCUT2D eigenvalue weighted by molar-refractivity contribution is 7.45. The third-order valence-electron chi connectivity index (χ3n) is 12.3. The molecule has 3 unspecified atom stereocenters. The van der Waals surface area contributed by atoms with E-state index in [0.717, 1.165) is 89.9 Å². The minimum Gasteiger partial charge on any atom is -0.756 e. The van der Waals surface area contributed by atoms with Crippen molar-refractivity contribution in [3.05, 3.63) is 85.1 Å². The van der Waals surface area contributed by atoms with Crippen LogP contribution < -0.4 is 10.2 Å². The van der Waals surface area contributed by atoms with Crippen LogP contribution in [0.3, 0.4) is 0 Å². The van der Waals surface area contributed by atoms with Crippen LogP contribution >= 0.6 is 7.82 Å². The lowest BCUT2D eigenvalue weighted by Gasteiger charge is -2.30. The molecule has 0 heterocycles. The second-order valence-corrected chi connectivity index (χ2v) is 21.8. The Labute approximate surface area is 437 Å². The molecule has 0 aromatic rings. The Kier molecular flexibility index (Phi) is 48.7. The van der Waals surface area contributed by atoms with E-state index in [0.29, 0.717) is 17.4 Å². The van der Waals surface area contributed by atoms with Crippen LogP contribution in [0.2, 0.25) is 0 Å². The van der Waals surface area contributed by atoms with Gasteiger partial charge < -0.3 is 28.5 Å². The Balaban J connectivity index is 5.39. The monoisotopic (exact) mass is 1010 g/mol. The number of carbonyl (C=O) groups excluding carboxylic acids is 2. The molecule has 0 saturated carbocycles. The quantitative estimate of drug-likeness (QED) is 0.0212. The Morgan fingerprint density at radius 2 is 0.901 bits per heavy atom. The van der Waals surface area contributed by atoms with E-state index in [9.17, 15) is 19.0 Å². The van der Waals surface area contributed by atoms with Crippen LogP contribution in [0.1, 0.15) is 239 Å². The summed E-state index contributed by atoms with van der Waals surface area (Å²) in [5.41, 5.74) is 0. The van der Waals surface area contributed by atoms with Crippen LogP contribution in [0.25, 0.3) is 0 Å². The number of carbonyl (C=O) groups is 2. The molecule has 0 radical (unpaired) electrons. The number of phosphoric acid groups is 1. The number of amides is 1. The molecule has 3 atom stereocenters. The summed E-state index contributed by atoms with van der Waals surface area (Å²) in [4.78, 5) is 39.8. The fraction of sp³-hybridized carbons (Fsp3) is 0.738. The molecule has 0 aliphatic rings. The van der Waals surface area contributed by atoms with Crippen molar-refractivity contribution in [1.82, 2.24) is 5.32 Å². The lowest BCUT2D eigenvalue weighted by Crippen LogP contribution is -2.47. The zero-order chi connectivity index (χ0) is 52.2. The predicted molar refractivity (Wildman–Crippen MR) is 302 cm³/mol. The van der Waals surface area contributed by atoms with E-state index >= 15 is 0 Å². The normalized spacial score (nSPS) is 14.4. The van der Waals surface area contributed by atoms with E-state index < -0.39 is 26.6 Å². The topological polar surface area (TPSA) is 114 Å². The molecule has 0 spiro atoms. The highest BCUT2D eigenvalue weighted by Crippen LogP contribution is 2.38. The number of nitrogens with zero attached hydrogens (tertiary/aromatic N) is 1. The Morgan fingerprint density at radius 1 is 0.507 bits per heavy atom. The van der Waals surface area contributed by atoms with Gasteiger partial charge in [0.05, 0.1) is 33.8 Å². The first-order valence-electron chi connectivity index (χ1n) is 28.9. The van der Waals surface area contributed by atoms with Crippen molar-refractivity contribution in [2.75, 3.05) is 40.9 Å². The number of likely N-dealkylation sites (N-methyl/N-ethyl adjacent to an activating group) is 1. The second-order valence-electron chi connectivity index (χ2n) is 20.4. The first-order valence-corrected chi connectivity index (χ1v) is 30.4. The highest BCUT2D eigenvalue weighted by atomic mass is 31.2. The first kappa shape index (κ1) is 68.2. The van der Waals surface area contributed by atoms with Gasteiger partial charge in [-0.3, -0.25) is 14.2 Å². The van der Waals surface area contributed by atoms with Crippen LogP contribution in [0.4, 0.5) is 0 Å². The molecule has 0 bridgehead atoms. The average molecular weight is 1010 g/mol. The molecule has 0 rings (SSSR count). The first-order chi connectivity index (χ1) is 34.4. The maximum atomic E-state index is 13.5. The van der Waals surface area contributed by atoms with Crippen molar-refractivity contribution in [3.8, 4) is 0 Å². The largest absolute Gasteiger partial charge is 0.756 e. The molecule has 1 N–H and O–H groups in total. The lowest BCUT2D eigenvalue weighted by molar-refractivity contribution is -0.870. The zero-order valence-electron chi connectivity index (χ0n) is 46.7. The predicted octanol–water partition coefficient (Wildman–Crippen LogP) is 16.8. The molecule has 0 aromatic heterocycles. The summed E-state index contributed by atoms with van der Waals surface area (Å²) in [6.45, 7) is 6.68. The van der Waals surface area contributed by atoms with Gasteiger partial charge in [0.1, 0.15) is 19.3 Å². The van der Waals surface area contributed by atoms with E-state index in [1.54, 1.807) is 0 Å². The van der Waals surface area contributed by atoms with E-state index in [1.807, 2.05) is 33.3 Å². The molecule has 0 aromatic carbocycles. The standard InChI is InChI=1S/C61H109N2O7P/c1-7-10-13-16-19-22-25-27-28-29-30-31-32-33-34-36-39-41-44-47-50-53-60(64)62-58(57-69-71(66,67)68-56-55-63(4,5)6)59(52-49-46-43-40-38-35-26-23-20-17-14-11-8-2)70-61(65)54-51-48-45-42-37-24-21-18-15-12-9-3/h10,13,19,22,27-28,30-31,33-34,39,41,49,52,58-59H,7-9,11-12,14-18,20-21,23-26,29,32,35-38,40,42-48,50-51,53-57H2,1-6H3,(H-,62,64,66,67)/b13-10-,22-19-,28-27-,31-30-,34-33-,41-39-,52-49+. The van der Waals surface area contributed by atoms with Crippen molar-refractivity contribution in [1.29, 1.82) is 0 Å². The van der Waals surface area contributed by atoms with Gasteiger partial charge in [-0.05, 0) is 83.1 Å². The summed E-state index contributed by atoms with van der Waals surface area (Å²) in [7, 11) is 1.15. The van der Waals surface area contributed by atoms with Crippen LogP contribution in [0, 0.1) is 0 Å². The van der Waals surface area contributed by atoms with Crippen LogP contribution in [0.5, 0.6) is 0 Å². The van der Waals surface area contributed by atoms with Crippen LogP contribution in [0.15, 0.2) is 85.1 Å². The van der Waals surface area contributed by atoms with Crippen molar-refractivity contribution in [3.63, 3.8) is 0 Å².